The summed E-state index contributed by atoms with van der Waals surface area (Å²) in [6.45, 7) is 0. The van der Waals surface area contributed by atoms with Crippen LogP contribution in [0.3, 0.4) is 0 Å². The van der Waals surface area contributed by atoms with E-state index in [2.05, 4.69) is 30.3 Å². The van der Waals surface area contributed by atoms with Gasteiger partial charge in [0.15, 0.2) is 0 Å². The van der Waals surface area contributed by atoms with Crippen LogP contribution >= 0.6 is 0 Å². The molecule has 1 unspecified atom stereocenters. The number of benzene rings is 1. The van der Waals surface area contributed by atoms with Crippen LogP contribution < -0.4 is 0 Å². The first kappa shape index (κ1) is 11.7. The average molecular weight is 240 g/mol. The molecule has 1 atom stereocenters. The van der Waals surface area contributed by atoms with Gasteiger partial charge in [0.2, 0.25) is 0 Å². The van der Waals surface area contributed by atoms with Crippen molar-refractivity contribution in [3.05, 3.63) is 41.5 Å². The number of carbonyl (C=O) groups excluding carboxylic acids is 1. The zero-order chi connectivity index (χ0) is 12.4. The van der Waals surface area contributed by atoms with Crippen LogP contribution in [0.15, 0.2) is 30.3 Å². The summed E-state index contributed by atoms with van der Waals surface area (Å²) in [7, 11) is 0. The molecule has 0 bridgehead atoms. The molecule has 1 saturated carbocycles. The molecule has 1 aromatic carbocycles. The summed E-state index contributed by atoms with van der Waals surface area (Å²) in [5, 5.41) is 0. The maximum absolute atomic E-state index is 12.0. The highest BCUT2D eigenvalue weighted by Gasteiger charge is 2.24. The molecule has 2 aliphatic rings. The zero-order valence-corrected chi connectivity index (χ0v) is 10.8. The fraction of sp³-hybridized carbons (Fsp3) is 0.471. The van der Waals surface area contributed by atoms with Gasteiger partial charge in [-0.3, -0.25) is 4.79 Å². The van der Waals surface area contributed by atoms with Gasteiger partial charge in [0.1, 0.15) is 5.78 Å². The van der Waals surface area contributed by atoms with Crippen molar-refractivity contribution in [1.82, 2.24) is 0 Å². The molecule has 0 heterocycles. The molecule has 1 fully saturated rings. The molecular formula is C17H20O. The predicted octanol–water partition coefficient (Wildman–Crippen LogP) is 4.17. The SMILES string of the molecule is O=C1CCCCC1CC1=CCCc2ccccc21. The molecule has 0 spiro atoms. The molecule has 2 aliphatic carbocycles. The Morgan fingerprint density at radius 3 is 2.89 bits per heavy atom. The lowest BCUT2D eigenvalue weighted by Gasteiger charge is -2.24. The Labute approximate surface area is 109 Å². The number of ketones is 1. The number of rotatable bonds is 2. The van der Waals surface area contributed by atoms with Crippen LogP contribution in [0, 0.1) is 5.92 Å². The molecule has 3 rings (SSSR count). The third kappa shape index (κ3) is 2.27. The Balaban J connectivity index is 1.80. The van der Waals surface area contributed by atoms with E-state index >= 15 is 0 Å². The average Bonchev–Trinajstić information content (AvgIpc) is 2.42. The van der Waals surface area contributed by atoms with Gasteiger partial charge >= 0.3 is 0 Å². The third-order valence-corrected chi connectivity index (χ3v) is 4.32. The van der Waals surface area contributed by atoms with Gasteiger partial charge in [-0.25, -0.2) is 0 Å². The zero-order valence-electron chi connectivity index (χ0n) is 10.8. The molecular weight excluding hydrogens is 220 g/mol. The molecule has 0 N–H and O–H groups in total. The minimum atomic E-state index is 0.288. The summed E-state index contributed by atoms with van der Waals surface area (Å²) in [5.41, 5.74) is 4.26. The van der Waals surface area contributed by atoms with Crippen molar-refractivity contribution >= 4 is 11.4 Å². The highest BCUT2D eigenvalue weighted by Crippen LogP contribution is 2.34. The van der Waals surface area contributed by atoms with E-state index in [1.54, 1.807) is 0 Å². The highest BCUT2D eigenvalue weighted by molar-refractivity contribution is 5.84. The lowest BCUT2D eigenvalue weighted by Crippen LogP contribution is -2.19. The van der Waals surface area contributed by atoms with Crippen molar-refractivity contribution < 1.29 is 4.79 Å². The summed E-state index contributed by atoms with van der Waals surface area (Å²) in [6, 6.07) is 8.67. The summed E-state index contributed by atoms with van der Waals surface area (Å²) in [6.07, 6.45) is 9.83. The van der Waals surface area contributed by atoms with Crippen LogP contribution in [-0.4, -0.2) is 5.78 Å². The van der Waals surface area contributed by atoms with Crippen LogP contribution in [-0.2, 0) is 11.2 Å². The molecule has 0 amide bonds. The molecule has 0 radical (unpaired) electrons. The first-order valence-electron chi connectivity index (χ1n) is 7.14. The van der Waals surface area contributed by atoms with Gasteiger partial charge in [0.05, 0.1) is 0 Å². The maximum Gasteiger partial charge on any atom is 0.136 e. The predicted molar refractivity (Wildman–Crippen MR) is 74.3 cm³/mol. The van der Waals surface area contributed by atoms with Crippen LogP contribution in [0.4, 0.5) is 0 Å². The first-order valence-corrected chi connectivity index (χ1v) is 7.14. The second-order valence-corrected chi connectivity index (χ2v) is 5.54. The Morgan fingerprint density at radius 2 is 2.00 bits per heavy atom. The van der Waals surface area contributed by atoms with Gasteiger partial charge in [-0.2, -0.15) is 0 Å². The lowest BCUT2D eigenvalue weighted by atomic mass is 9.79. The quantitative estimate of drug-likeness (QED) is 0.758. The normalized spacial score (nSPS) is 23.4. The Kier molecular flexibility index (Phi) is 3.31. The van der Waals surface area contributed by atoms with Crippen molar-refractivity contribution in [3.63, 3.8) is 0 Å². The third-order valence-electron chi connectivity index (χ3n) is 4.32. The standard InChI is InChI=1S/C17H20O/c18-17-11-4-2-7-15(17)12-14-9-5-8-13-6-1-3-10-16(13)14/h1,3,6,9-10,15H,2,4-5,7-8,11-12H2. The van der Waals surface area contributed by atoms with Crippen molar-refractivity contribution in [2.45, 2.75) is 44.9 Å². The topological polar surface area (TPSA) is 17.1 Å². The minimum Gasteiger partial charge on any atom is -0.299 e. The van der Waals surface area contributed by atoms with E-state index in [9.17, 15) is 4.79 Å². The van der Waals surface area contributed by atoms with Crippen LogP contribution in [0.5, 0.6) is 0 Å². The molecule has 0 saturated heterocycles. The van der Waals surface area contributed by atoms with E-state index in [0.29, 0.717) is 5.78 Å². The smallest absolute Gasteiger partial charge is 0.136 e. The van der Waals surface area contributed by atoms with E-state index in [4.69, 9.17) is 0 Å². The minimum absolute atomic E-state index is 0.288. The number of carbonyl (C=O) groups is 1. The van der Waals surface area contributed by atoms with E-state index < -0.39 is 0 Å². The Morgan fingerprint density at radius 1 is 1.11 bits per heavy atom. The summed E-state index contributed by atoms with van der Waals surface area (Å²) in [4.78, 5) is 12.0. The largest absolute Gasteiger partial charge is 0.299 e. The van der Waals surface area contributed by atoms with E-state index in [1.807, 2.05) is 0 Å². The van der Waals surface area contributed by atoms with Gasteiger partial charge in [0.25, 0.3) is 0 Å². The van der Waals surface area contributed by atoms with Gasteiger partial charge < -0.3 is 0 Å². The number of allylic oxidation sites excluding steroid dienone is 2. The molecule has 1 heteroatoms. The number of hydrogen-bond acceptors (Lipinski definition) is 1. The fourth-order valence-corrected chi connectivity index (χ4v) is 3.29. The fourth-order valence-electron chi connectivity index (χ4n) is 3.29. The molecule has 0 aliphatic heterocycles. The first-order chi connectivity index (χ1) is 8.84. The van der Waals surface area contributed by atoms with E-state index in [-0.39, 0.29) is 5.92 Å². The van der Waals surface area contributed by atoms with E-state index in [1.165, 1.54) is 23.1 Å². The maximum atomic E-state index is 12.0. The second-order valence-electron chi connectivity index (χ2n) is 5.54. The van der Waals surface area contributed by atoms with Crippen molar-refractivity contribution in [1.29, 1.82) is 0 Å². The van der Waals surface area contributed by atoms with Crippen LogP contribution in [0.2, 0.25) is 0 Å². The van der Waals surface area contributed by atoms with Gasteiger partial charge in [-0.15, -0.1) is 0 Å². The van der Waals surface area contributed by atoms with Crippen molar-refractivity contribution in [3.8, 4) is 0 Å². The molecule has 1 nitrogen and oxygen atoms in total. The van der Waals surface area contributed by atoms with Crippen molar-refractivity contribution in [2.24, 2.45) is 5.92 Å². The number of aryl methyl sites for hydroxylation is 1. The number of fused-ring (bicyclic) bond motifs is 1. The Bertz CT molecular complexity index is 484. The summed E-state index contributed by atoms with van der Waals surface area (Å²) < 4.78 is 0. The molecule has 18 heavy (non-hydrogen) atoms. The second kappa shape index (κ2) is 5.09. The van der Waals surface area contributed by atoms with Crippen LogP contribution in [0.25, 0.3) is 5.57 Å². The van der Waals surface area contributed by atoms with Gasteiger partial charge in [0, 0.05) is 12.3 Å². The van der Waals surface area contributed by atoms with Crippen molar-refractivity contribution in [2.75, 3.05) is 0 Å². The van der Waals surface area contributed by atoms with Gasteiger partial charge in [-0.05, 0) is 48.8 Å². The lowest BCUT2D eigenvalue weighted by molar-refractivity contribution is -0.124. The number of Topliss-reactive ketones (excluding diaryl/α,β-unsaturated/α-hetero) is 1. The highest BCUT2D eigenvalue weighted by atomic mass is 16.1. The molecule has 94 valence electrons. The molecule has 0 aromatic heterocycles. The monoisotopic (exact) mass is 240 g/mol. The van der Waals surface area contributed by atoms with E-state index in [0.717, 1.165) is 38.5 Å². The number of hydrogen-bond donors (Lipinski definition) is 0. The Hall–Kier alpha value is -1.37. The van der Waals surface area contributed by atoms with Gasteiger partial charge in [-0.1, -0.05) is 36.8 Å². The summed E-state index contributed by atoms with van der Waals surface area (Å²) >= 11 is 0. The van der Waals surface area contributed by atoms with Crippen LogP contribution in [0.1, 0.15) is 49.7 Å². The molecule has 1 aromatic rings. The summed E-state index contributed by atoms with van der Waals surface area (Å²) in [5.74, 6) is 0.779.